The third kappa shape index (κ3) is 8.50. The minimum atomic E-state index is -1.38. The molecule has 0 radical (unpaired) electrons. The van der Waals surface area contributed by atoms with Gasteiger partial charge in [0, 0.05) is 13.2 Å². The van der Waals surface area contributed by atoms with Gasteiger partial charge in [0.2, 0.25) is 0 Å². The number of aliphatic hydroxyl groups excluding tert-OH is 2. The van der Waals surface area contributed by atoms with Crippen LogP contribution in [0.5, 0.6) is 0 Å². The molecule has 2 atom stereocenters. The first-order valence-electron chi connectivity index (χ1n) is 21.4. The Morgan fingerprint density at radius 2 is 0.810 bits per heavy atom. The normalized spacial score (nSPS) is 18.8. The van der Waals surface area contributed by atoms with E-state index >= 15 is 0 Å². The average molecular weight is 972 g/mol. The van der Waals surface area contributed by atoms with Crippen LogP contribution >= 0.6 is 0 Å². The van der Waals surface area contributed by atoms with Crippen LogP contribution in [-0.2, 0) is 22.9 Å². The molecule has 0 amide bonds. The fourth-order valence-electron chi connectivity index (χ4n) is 10.4. The van der Waals surface area contributed by atoms with Crippen LogP contribution in [0.15, 0.2) is 132 Å². The van der Waals surface area contributed by atoms with Gasteiger partial charge in [-0.2, -0.15) is 0 Å². The second-order valence-corrected chi connectivity index (χ2v) is 21.8. The van der Waals surface area contributed by atoms with Gasteiger partial charge < -0.3 is 35.0 Å². The second kappa shape index (κ2) is 19.8. The maximum absolute atomic E-state index is 7.91. The molecule has 2 N–H and O–H groups in total. The molecule has 5 heteroatoms. The maximum atomic E-state index is 7.91. The van der Waals surface area contributed by atoms with Crippen LogP contribution in [0.2, 0.25) is 0 Å². The van der Waals surface area contributed by atoms with E-state index < -0.39 is 22.9 Å². The Labute approximate surface area is 369 Å². The molecule has 0 spiro atoms. The predicted octanol–water partition coefficient (Wildman–Crippen LogP) is 7.52. The summed E-state index contributed by atoms with van der Waals surface area (Å²) in [5, 5.41) is 21.2. The van der Waals surface area contributed by atoms with Crippen molar-refractivity contribution in [3.05, 3.63) is 155 Å². The fourth-order valence-corrected chi connectivity index (χ4v) is 18.4. The van der Waals surface area contributed by atoms with Crippen molar-refractivity contribution >= 4 is 33.7 Å². The first kappa shape index (κ1) is 42.8. The molecule has 2 nitrogen and oxygen atoms in total. The SMILES string of the molecule is C1=C(C2CCCCC2)[CH]([Hf+2][CH]2C(C3CCCCC3)=Cc3c(-c4cccc5ccccc45)cccc32)c2cccc(-c3cccc4ccccc34)c21.OCCCO.[Cl-].[Cl-]. The van der Waals surface area contributed by atoms with Crippen molar-refractivity contribution in [2.75, 3.05) is 13.2 Å². The van der Waals surface area contributed by atoms with Crippen molar-refractivity contribution in [3.63, 3.8) is 0 Å². The Morgan fingerprint density at radius 3 is 1.22 bits per heavy atom. The van der Waals surface area contributed by atoms with Crippen molar-refractivity contribution in [1.29, 1.82) is 0 Å². The van der Waals surface area contributed by atoms with E-state index in [1.165, 1.54) is 119 Å². The summed E-state index contributed by atoms with van der Waals surface area (Å²) >= 11 is -1.38. The van der Waals surface area contributed by atoms with E-state index in [1.807, 2.05) is 11.1 Å². The topological polar surface area (TPSA) is 40.5 Å². The largest absolute Gasteiger partial charge is 1.00 e. The Morgan fingerprint density at radius 1 is 0.431 bits per heavy atom. The van der Waals surface area contributed by atoms with Crippen LogP contribution < -0.4 is 24.8 Å². The average Bonchev–Trinajstić information content (AvgIpc) is 3.83. The quantitative estimate of drug-likeness (QED) is 0.155. The third-order valence-corrected chi connectivity index (χ3v) is 20.2. The van der Waals surface area contributed by atoms with Gasteiger partial charge >= 0.3 is 317 Å². The minimum Gasteiger partial charge on any atom is -1.00 e. The zero-order valence-electron chi connectivity index (χ0n) is 33.4. The third-order valence-electron chi connectivity index (χ3n) is 13.2. The smallest absolute Gasteiger partial charge is 0.0452 e. The summed E-state index contributed by atoms with van der Waals surface area (Å²) in [5.41, 5.74) is 15.7. The number of halogens is 2. The Kier molecular flexibility index (Phi) is 14.6. The number of benzene rings is 6. The zero-order chi connectivity index (χ0) is 37.8. The first-order valence-corrected chi connectivity index (χ1v) is 25.5. The molecular weight excluding hydrogens is 918 g/mol. The van der Waals surface area contributed by atoms with Gasteiger partial charge in [0.15, 0.2) is 0 Å². The van der Waals surface area contributed by atoms with Crippen LogP contribution in [0.3, 0.4) is 0 Å². The van der Waals surface area contributed by atoms with E-state index in [-0.39, 0.29) is 38.0 Å². The predicted molar refractivity (Wildman–Crippen MR) is 232 cm³/mol. The van der Waals surface area contributed by atoms with E-state index in [0.29, 0.717) is 13.8 Å². The van der Waals surface area contributed by atoms with Gasteiger partial charge in [-0.05, 0) is 6.42 Å². The van der Waals surface area contributed by atoms with Crippen molar-refractivity contribution in [3.8, 4) is 22.3 Å². The number of aliphatic hydroxyl groups is 2. The number of rotatable bonds is 8. The molecule has 0 aliphatic heterocycles. The summed E-state index contributed by atoms with van der Waals surface area (Å²) in [5.74, 6) is 1.49. The van der Waals surface area contributed by atoms with Gasteiger partial charge in [0.25, 0.3) is 0 Å². The van der Waals surface area contributed by atoms with E-state index in [9.17, 15) is 0 Å². The van der Waals surface area contributed by atoms with Gasteiger partial charge in [0.1, 0.15) is 0 Å². The molecule has 2 unspecified atom stereocenters. The van der Waals surface area contributed by atoms with Gasteiger partial charge in [-0.15, -0.1) is 0 Å². The van der Waals surface area contributed by atoms with E-state index in [2.05, 4.69) is 133 Å². The molecule has 0 heterocycles. The number of hydrogen-bond acceptors (Lipinski definition) is 2. The summed E-state index contributed by atoms with van der Waals surface area (Å²) in [6.07, 6.45) is 19.9. The fraction of sp³-hybridized carbons (Fsp3) is 0.321. The number of fused-ring (bicyclic) bond motifs is 4. The van der Waals surface area contributed by atoms with Crippen LogP contribution in [0.25, 0.3) is 56.0 Å². The molecule has 4 aliphatic carbocycles. The molecule has 6 aromatic carbocycles. The van der Waals surface area contributed by atoms with Crippen molar-refractivity contribution in [2.45, 2.75) is 78.0 Å². The molecule has 296 valence electrons. The summed E-state index contributed by atoms with van der Waals surface area (Å²) in [6.45, 7) is 0.188. The van der Waals surface area contributed by atoms with Crippen LogP contribution in [-0.4, -0.2) is 23.4 Å². The van der Waals surface area contributed by atoms with Crippen LogP contribution in [0, 0.1) is 11.8 Å². The van der Waals surface area contributed by atoms with Gasteiger partial charge in [-0.3, -0.25) is 0 Å². The number of hydrogen-bond donors (Lipinski definition) is 2. The van der Waals surface area contributed by atoms with Crippen molar-refractivity contribution in [2.24, 2.45) is 11.8 Å². The summed E-state index contributed by atoms with van der Waals surface area (Å²) in [7, 11) is 0. The van der Waals surface area contributed by atoms with E-state index in [4.69, 9.17) is 10.2 Å². The van der Waals surface area contributed by atoms with Crippen LogP contribution in [0.1, 0.15) is 100 Å². The molecule has 2 saturated carbocycles. The molecule has 58 heavy (non-hydrogen) atoms. The summed E-state index contributed by atoms with van der Waals surface area (Å²) in [6, 6.07) is 46.5. The van der Waals surface area contributed by atoms with Gasteiger partial charge in [-0.25, -0.2) is 0 Å². The molecule has 2 fully saturated rings. The molecule has 6 aromatic rings. The molecule has 0 bridgehead atoms. The van der Waals surface area contributed by atoms with Gasteiger partial charge in [0.05, 0.1) is 0 Å². The molecule has 4 aliphatic rings. The van der Waals surface area contributed by atoms with Crippen molar-refractivity contribution in [1.82, 2.24) is 0 Å². The van der Waals surface area contributed by atoms with Crippen LogP contribution in [0.4, 0.5) is 0 Å². The molecule has 0 saturated heterocycles. The Balaban J connectivity index is 0.000000692. The van der Waals surface area contributed by atoms with E-state index in [1.54, 1.807) is 11.1 Å². The summed E-state index contributed by atoms with van der Waals surface area (Å²) in [4.78, 5) is 0. The van der Waals surface area contributed by atoms with E-state index in [0.717, 1.165) is 11.8 Å². The first-order chi connectivity index (χ1) is 27.7. The number of allylic oxidation sites excluding steroid dienone is 2. The minimum absolute atomic E-state index is 0. The zero-order valence-corrected chi connectivity index (χ0v) is 38.5. The molecular formula is C53H54Cl2HfO2. The monoisotopic (exact) mass is 972 g/mol. The molecule has 0 aromatic heterocycles. The Hall–Kier alpha value is -3.31. The second-order valence-electron chi connectivity index (χ2n) is 16.5. The Bertz CT molecular complexity index is 2230. The standard InChI is InChI=1S/2C25H23.C3H8O2.2ClH.Hf/c2*1-2-8-18(9-3-1)21-16-20-12-7-15-24(25(20)17-21)23-14-6-11-19-10-4-5-13-22(19)23;4-2-1-3-5;;;/h2*4-7,10-18H,1-3,8-9H2;4-5H,1-3H2;2*1H;/q;;;;;+2/p-2. The summed E-state index contributed by atoms with van der Waals surface area (Å²) < 4.78 is 1.31. The molecule has 10 rings (SSSR count). The van der Waals surface area contributed by atoms with Crippen molar-refractivity contribution < 1.29 is 57.9 Å². The maximum Gasteiger partial charge on any atom is 0.0452 e. The van der Waals surface area contributed by atoms with Gasteiger partial charge in [-0.1, -0.05) is 0 Å².